The number of fused-ring (bicyclic) bond motifs is 1. The molecular weight excluding hydrogens is 522 g/mol. The lowest BCUT2D eigenvalue weighted by Gasteiger charge is -2.55. The Kier molecular flexibility index (Phi) is 7.65. The molecule has 2 heterocycles. The number of hydrogen-bond donors (Lipinski definition) is 1. The molecule has 13 heteroatoms. The number of rotatable bonds is 9. The molecule has 0 aromatic heterocycles. The van der Waals surface area contributed by atoms with E-state index >= 15 is 0 Å². The van der Waals surface area contributed by atoms with Gasteiger partial charge in [0.2, 0.25) is 5.91 Å². The largest absolute Gasteiger partial charge is 0.456 e. The van der Waals surface area contributed by atoms with Gasteiger partial charge in [-0.25, -0.2) is 4.79 Å². The summed E-state index contributed by atoms with van der Waals surface area (Å²) in [5.74, 6) is -2.07. The fourth-order valence-electron chi connectivity index (χ4n) is 3.60. The number of halogens is 1. The summed E-state index contributed by atoms with van der Waals surface area (Å²) < 4.78 is 24.0. The quantitative estimate of drug-likeness (QED) is 0.123. The summed E-state index contributed by atoms with van der Waals surface area (Å²) in [7, 11) is -1.65. The van der Waals surface area contributed by atoms with Crippen LogP contribution < -0.4 is 5.32 Å². The Hall–Kier alpha value is -2.64. The number of alkyl halides is 1. The van der Waals surface area contributed by atoms with Crippen LogP contribution in [0.5, 0.6) is 0 Å². The molecule has 0 radical (unpaired) electrons. The molecule has 178 valence electrons. The van der Waals surface area contributed by atoms with Crippen molar-refractivity contribution >= 4 is 50.2 Å². The van der Waals surface area contributed by atoms with E-state index in [1.54, 1.807) is 0 Å². The second-order valence-electron chi connectivity index (χ2n) is 7.40. The summed E-state index contributed by atoms with van der Waals surface area (Å²) in [4.78, 5) is 49.3. The lowest BCUT2D eigenvalue weighted by Crippen LogP contribution is -2.83. The molecule has 3 atom stereocenters. The molecule has 1 aromatic rings. The van der Waals surface area contributed by atoms with Crippen LogP contribution in [0, 0.1) is 10.1 Å². The molecule has 0 bridgehead atoms. The molecule has 0 aliphatic carbocycles. The van der Waals surface area contributed by atoms with Crippen LogP contribution in [0.3, 0.4) is 0 Å². The molecule has 2 aliphatic rings. The van der Waals surface area contributed by atoms with E-state index in [9.17, 15) is 28.7 Å². The fourth-order valence-corrected chi connectivity index (χ4v) is 6.10. The highest BCUT2D eigenvalue weighted by molar-refractivity contribution is 9.09. The Labute approximate surface area is 200 Å². The van der Waals surface area contributed by atoms with Crippen molar-refractivity contribution in [2.75, 3.05) is 17.7 Å². The van der Waals surface area contributed by atoms with Crippen molar-refractivity contribution in [3.63, 3.8) is 0 Å². The maximum Gasteiger partial charge on any atom is 0.355 e. The van der Waals surface area contributed by atoms with E-state index in [-0.39, 0.29) is 35.7 Å². The first-order chi connectivity index (χ1) is 15.7. The first-order valence-electron chi connectivity index (χ1n) is 9.98. The van der Waals surface area contributed by atoms with Crippen LogP contribution in [0.4, 0.5) is 5.69 Å². The molecule has 0 spiro atoms. The van der Waals surface area contributed by atoms with Crippen LogP contribution in [-0.4, -0.2) is 60.6 Å². The molecule has 11 nitrogen and oxygen atoms in total. The zero-order valence-corrected chi connectivity index (χ0v) is 20.3. The molecule has 1 N–H and O–H groups in total. The van der Waals surface area contributed by atoms with Gasteiger partial charge in [-0.05, 0) is 29.7 Å². The van der Waals surface area contributed by atoms with E-state index in [1.165, 1.54) is 31.2 Å². The summed E-state index contributed by atoms with van der Waals surface area (Å²) in [6.07, 6.45) is 0.556. The molecule has 2 amide bonds. The van der Waals surface area contributed by atoms with E-state index in [1.807, 2.05) is 6.92 Å². The van der Waals surface area contributed by atoms with Crippen LogP contribution in [0.2, 0.25) is 0 Å². The van der Waals surface area contributed by atoms with Crippen molar-refractivity contribution in [1.29, 1.82) is 0 Å². The third kappa shape index (κ3) is 4.70. The van der Waals surface area contributed by atoms with Crippen LogP contribution in [0.25, 0.3) is 0 Å². The van der Waals surface area contributed by atoms with Crippen molar-refractivity contribution < 1.29 is 33.0 Å². The van der Waals surface area contributed by atoms with E-state index in [4.69, 9.17) is 9.47 Å². The third-order valence-electron chi connectivity index (χ3n) is 5.03. The van der Waals surface area contributed by atoms with Gasteiger partial charge in [0.25, 0.3) is 17.3 Å². The number of nitro benzene ring substituents is 1. The summed E-state index contributed by atoms with van der Waals surface area (Å²) in [5, 5.41) is 12.4. The number of non-ortho nitro benzene ring substituents is 1. The summed E-state index contributed by atoms with van der Waals surface area (Å²) in [6, 6.07) is 5.49. The van der Waals surface area contributed by atoms with E-state index in [0.717, 1.165) is 4.90 Å². The number of esters is 1. The summed E-state index contributed by atoms with van der Waals surface area (Å²) in [6.45, 7) is 3.00. The number of ether oxygens (including phenoxy) is 2. The average Bonchev–Trinajstić information content (AvgIpc) is 2.79. The van der Waals surface area contributed by atoms with E-state index in [0.29, 0.717) is 17.6 Å². The Morgan fingerprint density at radius 3 is 2.58 bits per heavy atom. The van der Waals surface area contributed by atoms with Gasteiger partial charge in [0.05, 0.1) is 21.5 Å². The van der Waals surface area contributed by atoms with Crippen molar-refractivity contribution in [2.45, 2.75) is 38.0 Å². The number of carbonyl (C=O) groups is 3. The molecule has 33 heavy (non-hydrogen) atoms. The van der Waals surface area contributed by atoms with Crippen LogP contribution >= 0.6 is 15.9 Å². The molecule has 2 aliphatic heterocycles. The van der Waals surface area contributed by atoms with Gasteiger partial charge < -0.3 is 14.8 Å². The molecular formula is C20H22BrN3O8S. The fraction of sp³-hybridized carbons (Fsp3) is 0.450. The topological polar surface area (TPSA) is 145 Å². The molecule has 2 unspecified atom stereocenters. The highest BCUT2D eigenvalue weighted by atomic mass is 79.9. The zero-order valence-electron chi connectivity index (χ0n) is 17.9. The first kappa shape index (κ1) is 25.0. The summed E-state index contributed by atoms with van der Waals surface area (Å²) in [5.41, 5.74) is -1.03. The van der Waals surface area contributed by atoms with Gasteiger partial charge in [-0.2, -0.15) is 0 Å². The Morgan fingerprint density at radius 1 is 1.36 bits per heavy atom. The van der Waals surface area contributed by atoms with Crippen molar-refractivity contribution in [3.8, 4) is 0 Å². The highest BCUT2D eigenvalue weighted by Gasteiger charge is 2.69. The van der Waals surface area contributed by atoms with E-state index in [2.05, 4.69) is 21.2 Å². The number of β-lactam (4-membered cyclic amide) rings is 1. The Balaban J connectivity index is 1.85. The molecule has 1 fully saturated rings. The third-order valence-corrected chi connectivity index (χ3v) is 7.38. The number of hydrogen-bond acceptors (Lipinski definition) is 8. The number of carbonyl (C=O) groups excluding carboxylic acids is 3. The summed E-state index contributed by atoms with van der Waals surface area (Å²) >= 11 is 3.26. The number of amides is 2. The normalized spacial score (nSPS) is 24.1. The molecule has 1 saturated heterocycles. The zero-order chi connectivity index (χ0) is 24.3. The monoisotopic (exact) mass is 543 g/mol. The predicted octanol–water partition coefficient (Wildman–Crippen LogP) is 1.48. The maximum absolute atomic E-state index is 13.2. The standard InChI is InChI=1S/C20H22BrN3O8S/c1-3-8-32-20(22-12(2)25)18(27)23-16(14(9-21)11-33(30)19(20)23)17(26)31-10-13-4-6-15(7-5-13)24(28)29/h4-7,19H,3,8-11H2,1-2H3,(H,22,25)/t19-,20?,33?/m0/s1. The minimum absolute atomic E-state index is 0.0154. The Morgan fingerprint density at radius 2 is 2.03 bits per heavy atom. The van der Waals surface area contributed by atoms with Gasteiger partial charge in [0.15, 0.2) is 5.37 Å². The minimum atomic E-state index is -1.81. The molecule has 3 rings (SSSR count). The molecule has 1 aromatic carbocycles. The second-order valence-corrected chi connectivity index (χ2v) is 9.46. The smallest absolute Gasteiger partial charge is 0.355 e. The minimum Gasteiger partial charge on any atom is -0.456 e. The van der Waals surface area contributed by atoms with Crippen molar-refractivity contribution in [3.05, 3.63) is 51.2 Å². The second kappa shape index (κ2) is 10.1. The van der Waals surface area contributed by atoms with Gasteiger partial charge >= 0.3 is 5.97 Å². The van der Waals surface area contributed by atoms with Crippen molar-refractivity contribution in [2.24, 2.45) is 0 Å². The van der Waals surface area contributed by atoms with Gasteiger partial charge in [-0.15, -0.1) is 0 Å². The first-order valence-corrected chi connectivity index (χ1v) is 12.5. The van der Waals surface area contributed by atoms with E-state index < -0.39 is 44.6 Å². The van der Waals surface area contributed by atoms with Gasteiger partial charge in [-0.3, -0.25) is 28.8 Å². The average molecular weight is 544 g/mol. The van der Waals surface area contributed by atoms with Gasteiger partial charge in [0.1, 0.15) is 12.3 Å². The number of nitro groups is 1. The van der Waals surface area contributed by atoms with Gasteiger partial charge in [0, 0.05) is 31.0 Å². The predicted molar refractivity (Wildman–Crippen MR) is 120 cm³/mol. The molecule has 0 saturated carbocycles. The van der Waals surface area contributed by atoms with Gasteiger partial charge in [-0.1, -0.05) is 22.9 Å². The SMILES string of the molecule is CCCOC1(NC(C)=O)C(=O)N2C(C(=O)OCc3ccc([N+](=O)[O-])cc3)=C(CBr)CS(=O)[C@H]21. The number of nitrogens with zero attached hydrogens (tertiary/aromatic N) is 2. The van der Waals surface area contributed by atoms with Crippen LogP contribution in [0.1, 0.15) is 25.8 Å². The number of nitrogens with one attached hydrogen (secondary N) is 1. The van der Waals surface area contributed by atoms with Crippen LogP contribution in [0.15, 0.2) is 35.5 Å². The lowest BCUT2D eigenvalue weighted by atomic mass is 9.98. The maximum atomic E-state index is 13.2. The highest BCUT2D eigenvalue weighted by Crippen LogP contribution is 2.43. The van der Waals surface area contributed by atoms with Crippen LogP contribution in [-0.2, 0) is 41.3 Å². The Bertz CT molecular complexity index is 1040. The number of benzene rings is 1. The lowest BCUT2D eigenvalue weighted by molar-refractivity contribution is -0.384. The van der Waals surface area contributed by atoms with Crippen molar-refractivity contribution in [1.82, 2.24) is 10.2 Å².